The second-order valence-corrected chi connectivity index (χ2v) is 4.64. The van der Waals surface area contributed by atoms with Crippen LogP contribution in [-0.4, -0.2) is 17.0 Å². The Bertz CT molecular complexity index is 378. The second kappa shape index (κ2) is 5.41. The average Bonchev–Trinajstić information content (AvgIpc) is 2.79. The molecular formula is C11H13BrN2O2. The minimum absolute atomic E-state index is 0.159. The molecule has 4 nitrogen and oxygen atoms in total. The van der Waals surface area contributed by atoms with Gasteiger partial charge in [-0.05, 0) is 40.9 Å². The maximum atomic E-state index is 11.7. The molecule has 1 aliphatic carbocycles. The Hall–Kier alpha value is -0.940. The van der Waals surface area contributed by atoms with Gasteiger partial charge in [-0.25, -0.2) is 10.5 Å². The molecule has 0 aliphatic heterocycles. The lowest BCUT2D eigenvalue weighted by Crippen LogP contribution is -2.29. The summed E-state index contributed by atoms with van der Waals surface area (Å²) in [5.74, 6) is -0.306. The molecule has 0 saturated heterocycles. The third kappa shape index (κ3) is 2.80. The first-order valence-electron chi connectivity index (χ1n) is 5.34. The molecule has 0 bridgehead atoms. The van der Waals surface area contributed by atoms with Gasteiger partial charge in [0, 0.05) is 10.7 Å². The maximum absolute atomic E-state index is 11.7. The van der Waals surface area contributed by atoms with Crippen LogP contribution in [0.1, 0.15) is 36.2 Å². The van der Waals surface area contributed by atoms with Crippen molar-refractivity contribution >= 4 is 21.8 Å². The van der Waals surface area contributed by atoms with Gasteiger partial charge in [0.25, 0.3) is 5.91 Å². The van der Waals surface area contributed by atoms with E-state index < -0.39 is 0 Å². The van der Waals surface area contributed by atoms with Gasteiger partial charge < -0.3 is 0 Å². The van der Waals surface area contributed by atoms with E-state index >= 15 is 0 Å². The first-order chi connectivity index (χ1) is 7.77. The Kier molecular flexibility index (Phi) is 3.90. The number of hydrogen-bond donors (Lipinski definition) is 1. The zero-order chi connectivity index (χ0) is 11.4. The molecular weight excluding hydrogens is 272 g/mol. The number of carbonyl (C=O) groups excluding carboxylic acids is 1. The van der Waals surface area contributed by atoms with Crippen LogP contribution in [0.2, 0.25) is 0 Å². The summed E-state index contributed by atoms with van der Waals surface area (Å²) in [6.07, 6.45) is 6.12. The highest BCUT2D eigenvalue weighted by molar-refractivity contribution is 9.10. The minimum atomic E-state index is -0.306. The standard InChI is InChI=1S/C11H13BrN2O2/c12-9-6-3-7-13-10(9)11(15)14-16-8-4-1-2-5-8/h3,6-8H,1-2,4-5H2,(H,14,15). The van der Waals surface area contributed by atoms with Crippen molar-refractivity contribution in [3.8, 4) is 0 Å². The van der Waals surface area contributed by atoms with Crippen LogP contribution in [0.25, 0.3) is 0 Å². The van der Waals surface area contributed by atoms with Crippen LogP contribution < -0.4 is 5.48 Å². The highest BCUT2D eigenvalue weighted by atomic mass is 79.9. The van der Waals surface area contributed by atoms with Crippen LogP contribution >= 0.6 is 15.9 Å². The van der Waals surface area contributed by atoms with Gasteiger partial charge in [-0.3, -0.25) is 9.63 Å². The molecule has 5 heteroatoms. The van der Waals surface area contributed by atoms with Gasteiger partial charge in [0.2, 0.25) is 0 Å². The van der Waals surface area contributed by atoms with Gasteiger partial charge in [-0.15, -0.1) is 0 Å². The van der Waals surface area contributed by atoms with Crippen LogP contribution in [0, 0.1) is 0 Å². The highest BCUT2D eigenvalue weighted by Gasteiger charge is 2.18. The smallest absolute Gasteiger partial charge is 0.270 e. The lowest BCUT2D eigenvalue weighted by Gasteiger charge is -2.11. The van der Waals surface area contributed by atoms with Gasteiger partial charge in [0.1, 0.15) is 5.69 Å². The Labute approximate surface area is 102 Å². The van der Waals surface area contributed by atoms with Crippen LogP contribution in [0.5, 0.6) is 0 Å². The fraction of sp³-hybridized carbons (Fsp3) is 0.455. The van der Waals surface area contributed by atoms with Crippen LogP contribution in [-0.2, 0) is 4.84 Å². The molecule has 1 aromatic rings. The summed E-state index contributed by atoms with van der Waals surface area (Å²) in [5.41, 5.74) is 2.80. The molecule has 1 N–H and O–H groups in total. The highest BCUT2D eigenvalue weighted by Crippen LogP contribution is 2.20. The van der Waals surface area contributed by atoms with Crippen molar-refractivity contribution in [3.05, 3.63) is 28.5 Å². The molecule has 2 rings (SSSR count). The van der Waals surface area contributed by atoms with E-state index in [4.69, 9.17) is 4.84 Å². The van der Waals surface area contributed by atoms with E-state index in [1.165, 1.54) is 12.8 Å². The molecule has 0 atom stereocenters. The fourth-order valence-electron chi connectivity index (χ4n) is 1.74. The molecule has 86 valence electrons. The first-order valence-corrected chi connectivity index (χ1v) is 6.13. The molecule has 1 aliphatic rings. The van der Waals surface area contributed by atoms with Gasteiger partial charge in [0.15, 0.2) is 0 Å². The van der Waals surface area contributed by atoms with Crippen LogP contribution in [0.15, 0.2) is 22.8 Å². The summed E-state index contributed by atoms with van der Waals surface area (Å²) in [7, 11) is 0. The number of amides is 1. The summed E-state index contributed by atoms with van der Waals surface area (Å²) >= 11 is 3.27. The Balaban J connectivity index is 1.90. The summed E-state index contributed by atoms with van der Waals surface area (Å²) in [4.78, 5) is 21.0. The van der Waals surface area contributed by atoms with E-state index in [1.54, 1.807) is 18.3 Å². The molecule has 1 amide bonds. The summed E-state index contributed by atoms with van der Waals surface area (Å²) in [6.45, 7) is 0. The topological polar surface area (TPSA) is 51.2 Å². The molecule has 0 aromatic carbocycles. The third-order valence-electron chi connectivity index (χ3n) is 2.59. The van der Waals surface area contributed by atoms with Gasteiger partial charge in [-0.2, -0.15) is 0 Å². The summed E-state index contributed by atoms with van der Waals surface area (Å²) < 4.78 is 0.669. The summed E-state index contributed by atoms with van der Waals surface area (Å²) in [6, 6.07) is 3.54. The van der Waals surface area contributed by atoms with Crippen molar-refractivity contribution in [2.45, 2.75) is 31.8 Å². The third-order valence-corrected chi connectivity index (χ3v) is 3.23. The largest absolute Gasteiger partial charge is 0.294 e. The van der Waals surface area contributed by atoms with Crippen LogP contribution in [0.3, 0.4) is 0 Å². The Morgan fingerprint density at radius 2 is 2.25 bits per heavy atom. The monoisotopic (exact) mass is 284 g/mol. The van der Waals surface area contributed by atoms with Crippen molar-refractivity contribution in [1.82, 2.24) is 10.5 Å². The second-order valence-electron chi connectivity index (χ2n) is 3.79. The molecule has 16 heavy (non-hydrogen) atoms. The molecule has 1 heterocycles. The quantitative estimate of drug-likeness (QED) is 0.868. The molecule has 1 saturated carbocycles. The molecule has 0 spiro atoms. The van der Waals surface area contributed by atoms with E-state index in [0.29, 0.717) is 10.2 Å². The van der Waals surface area contributed by atoms with Crippen molar-refractivity contribution in [2.24, 2.45) is 0 Å². The number of rotatable bonds is 3. The SMILES string of the molecule is O=C(NOC1CCCC1)c1ncccc1Br. The van der Waals surface area contributed by atoms with Crippen molar-refractivity contribution in [1.29, 1.82) is 0 Å². The van der Waals surface area contributed by atoms with E-state index in [-0.39, 0.29) is 12.0 Å². The number of nitrogens with zero attached hydrogens (tertiary/aromatic N) is 1. The lowest BCUT2D eigenvalue weighted by molar-refractivity contribution is -0.0128. The summed E-state index contributed by atoms with van der Waals surface area (Å²) in [5, 5.41) is 0. The average molecular weight is 285 g/mol. The predicted molar refractivity (Wildman–Crippen MR) is 62.7 cm³/mol. The number of carbonyl (C=O) groups is 1. The first kappa shape index (κ1) is 11.5. The van der Waals surface area contributed by atoms with Crippen molar-refractivity contribution < 1.29 is 9.63 Å². The Morgan fingerprint density at radius 1 is 1.50 bits per heavy atom. The number of hydrogen-bond acceptors (Lipinski definition) is 3. The van der Waals surface area contributed by atoms with E-state index in [2.05, 4.69) is 26.4 Å². The van der Waals surface area contributed by atoms with Gasteiger partial charge in [-0.1, -0.05) is 12.8 Å². The lowest BCUT2D eigenvalue weighted by atomic mass is 10.3. The van der Waals surface area contributed by atoms with E-state index in [0.717, 1.165) is 12.8 Å². The van der Waals surface area contributed by atoms with Crippen molar-refractivity contribution in [3.63, 3.8) is 0 Å². The number of halogens is 1. The molecule has 0 unspecified atom stereocenters. The van der Waals surface area contributed by atoms with E-state index in [9.17, 15) is 4.79 Å². The number of pyridine rings is 1. The molecule has 1 aromatic heterocycles. The number of hydroxylamine groups is 1. The maximum Gasteiger partial charge on any atom is 0.294 e. The van der Waals surface area contributed by atoms with E-state index in [1.807, 2.05) is 0 Å². The molecule has 1 fully saturated rings. The number of aromatic nitrogens is 1. The number of nitrogens with one attached hydrogen (secondary N) is 1. The van der Waals surface area contributed by atoms with Crippen LogP contribution in [0.4, 0.5) is 0 Å². The fourth-order valence-corrected chi connectivity index (χ4v) is 2.18. The van der Waals surface area contributed by atoms with Crippen molar-refractivity contribution in [2.75, 3.05) is 0 Å². The molecule has 0 radical (unpaired) electrons. The van der Waals surface area contributed by atoms with Gasteiger partial charge in [0.05, 0.1) is 6.10 Å². The predicted octanol–water partition coefficient (Wildman–Crippen LogP) is 2.45. The zero-order valence-electron chi connectivity index (χ0n) is 8.78. The Morgan fingerprint density at radius 3 is 2.94 bits per heavy atom. The zero-order valence-corrected chi connectivity index (χ0v) is 10.4. The van der Waals surface area contributed by atoms with Gasteiger partial charge >= 0.3 is 0 Å². The minimum Gasteiger partial charge on any atom is -0.270 e. The normalized spacial score (nSPS) is 16.3.